The van der Waals surface area contributed by atoms with E-state index in [9.17, 15) is 4.79 Å². The van der Waals surface area contributed by atoms with Crippen molar-refractivity contribution in [3.05, 3.63) is 12.2 Å². The van der Waals surface area contributed by atoms with Gasteiger partial charge >= 0.3 is 0 Å². The summed E-state index contributed by atoms with van der Waals surface area (Å²) in [5.41, 5.74) is 0.524. The number of carbonyl (C=O) groups excluding carboxylic acids is 1. The monoisotopic (exact) mass is 346 g/mol. The summed E-state index contributed by atoms with van der Waals surface area (Å²) in [6.07, 6.45) is 13.1. The molecule has 0 N–H and O–H groups in total. The summed E-state index contributed by atoms with van der Waals surface area (Å²) in [5.74, 6) is 1.65. The Morgan fingerprint density at radius 3 is 2.36 bits per heavy atom. The van der Waals surface area contributed by atoms with Gasteiger partial charge in [-0.15, -0.1) is 0 Å². The van der Waals surface area contributed by atoms with Crippen LogP contribution in [0.5, 0.6) is 0 Å². The lowest BCUT2D eigenvalue weighted by Crippen LogP contribution is -2.62. The number of allylic oxidation sites excluding steroid dienone is 1. The SMILES string of the molecule is CCC(=O)/C=C/[C@]1(C)CC[C@@H]2[C@@]3(C)CCCC(C)(C)[C@@H]3CC[C@@]2(C)O1. The molecule has 0 radical (unpaired) electrons. The van der Waals surface area contributed by atoms with Crippen LogP contribution in [-0.4, -0.2) is 17.0 Å². The third kappa shape index (κ3) is 3.24. The molecule has 3 fully saturated rings. The molecule has 2 saturated carbocycles. The first-order valence-electron chi connectivity index (χ1n) is 10.5. The van der Waals surface area contributed by atoms with Gasteiger partial charge in [0.15, 0.2) is 5.78 Å². The second-order valence-electron chi connectivity index (χ2n) is 10.4. The lowest BCUT2D eigenvalue weighted by molar-refractivity contribution is -0.252. The number of carbonyl (C=O) groups is 1. The van der Waals surface area contributed by atoms with Crippen molar-refractivity contribution in [2.45, 2.75) is 104 Å². The summed E-state index contributed by atoms with van der Waals surface area (Å²) in [5, 5.41) is 0. The van der Waals surface area contributed by atoms with Gasteiger partial charge < -0.3 is 4.74 Å². The third-order valence-corrected chi connectivity index (χ3v) is 8.10. The van der Waals surface area contributed by atoms with Gasteiger partial charge in [-0.1, -0.05) is 34.1 Å². The molecule has 3 aliphatic rings. The number of ether oxygens (including phenoxy) is 1. The van der Waals surface area contributed by atoms with E-state index in [0.29, 0.717) is 23.2 Å². The van der Waals surface area contributed by atoms with Crippen molar-refractivity contribution in [3.63, 3.8) is 0 Å². The Labute approximate surface area is 154 Å². The van der Waals surface area contributed by atoms with E-state index in [1.54, 1.807) is 6.08 Å². The van der Waals surface area contributed by atoms with E-state index in [1.807, 2.05) is 13.0 Å². The average Bonchev–Trinajstić information content (AvgIpc) is 2.50. The van der Waals surface area contributed by atoms with Gasteiger partial charge in [-0.2, -0.15) is 0 Å². The molecular weight excluding hydrogens is 308 g/mol. The van der Waals surface area contributed by atoms with Gasteiger partial charge in [0.25, 0.3) is 0 Å². The van der Waals surface area contributed by atoms with Gasteiger partial charge in [-0.3, -0.25) is 4.79 Å². The third-order valence-electron chi connectivity index (χ3n) is 8.10. The predicted molar refractivity (Wildman–Crippen MR) is 104 cm³/mol. The normalized spacial score (nSPS) is 46.5. The molecule has 0 amide bonds. The van der Waals surface area contributed by atoms with Crippen molar-refractivity contribution in [1.29, 1.82) is 0 Å². The molecule has 0 aromatic rings. The smallest absolute Gasteiger partial charge is 0.155 e. The van der Waals surface area contributed by atoms with Crippen molar-refractivity contribution in [3.8, 4) is 0 Å². The van der Waals surface area contributed by atoms with Crippen LogP contribution in [0.25, 0.3) is 0 Å². The maximum absolute atomic E-state index is 11.7. The standard InChI is InChI=1S/C23H38O2/c1-7-17(24)9-14-21(4)15-10-19-22(5)13-8-12-20(2,3)18(22)11-16-23(19,6)25-21/h9,14,18-19H,7-8,10-13,15-16H2,1-6H3/b14-9+/t18-,19+,21+,22-,23+/m0/s1. The van der Waals surface area contributed by atoms with Crippen LogP contribution in [0.1, 0.15) is 92.9 Å². The van der Waals surface area contributed by atoms with E-state index in [2.05, 4.69) is 34.6 Å². The molecule has 0 bridgehead atoms. The second kappa shape index (κ2) is 6.22. The molecule has 0 spiro atoms. The van der Waals surface area contributed by atoms with E-state index >= 15 is 0 Å². The summed E-state index contributed by atoms with van der Waals surface area (Å²) < 4.78 is 6.80. The minimum Gasteiger partial charge on any atom is -0.365 e. The van der Waals surface area contributed by atoms with Gasteiger partial charge in [-0.25, -0.2) is 0 Å². The second-order valence-corrected chi connectivity index (χ2v) is 10.4. The Morgan fingerprint density at radius 1 is 1.00 bits per heavy atom. The van der Waals surface area contributed by atoms with Crippen molar-refractivity contribution >= 4 is 5.78 Å². The van der Waals surface area contributed by atoms with Crippen LogP contribution in [0.4, 0.5) is 0 Å². The molecule has 2 heteroatoms. The highest BCUT2D eigenvalue weighted by Gasteiger charge is 2.61. The lowest BCUT2D eigenvalue weighted by Gasteiger charge is -2.65. The predicted octanol–water partition coefficient (Wildman–Crippen LogP) is 6.09. The molecule has 1 saturated heterocycles. The summed E-state index contributed by atoms with van der Waals surface area (Å²) in [4.78, 5) is 11.7. The fourth-order valence-corrected chi connectivity index (χ4v) is 6.88. The Hall–Kier alpha value is -0.630. The van der Waals surface area contributed by atoms with Gasteiger partial charge in [0.2, 0.25) is 0 Å². The van der Waals surface area contributed by atoms with Crippen molar-refractivity contribution in [2.75, 3.05) is 0 Å². The maximum atomic E-state index is 11.7. The van der Waals surface area contributed by atoms with Crippen LogP contribution < -0.4 is 0 Å². The van der Waals surface area contributed by atoms with Crippen LogP contribution in [0.3, 0.4) is 0 Å². The zero-order valence-electron chi connectivity index (χ0n) is 17.3. The molecule has 5 atom stereocenters. The Balaban J connectivity index is 1.85. The first-order chi connectivity index (χ1) is 11.5. The summed E-state index contributed by atoms with van der Waals surface area (Å²) >= 11 is 0. The Kier molecular flexibility index (Phi) is 4.76. The quantitative estimate of drug-likeness (QED) is 0.578. The minimum absolute atomic E-state index is 0.0503. The van der Waals surface area contributed by atoms with E-state index in [4.69, 9.17) is 4.74 Å². The van der Waals surface area contributed by atoms with Gasteiger partial charge in [0.1, 0.15) is 0 Å². The van der Waals surface area contributed by atoms with E-state index < -0.39 is 0 Å². The fraction of sp³-hybridized carbons (Fsp3) is 0.870. The molecule has 0 aromatic carbocycles. The van der Waals surface area contributed by atoms with Crippen LogP contribution in [0.15, 0.2) is 12.2 Å². The number of rotatable bonds is 3. The zero-order chi connectivity index (χ0) is 18.5. The van der Waals surface area contributed by atoms with Gasteiger partial charge in [-0.05, 0) is 87.2 Å². The fourth-order valence-electron chi connectivity index (χ4n) is 6.88. The first-order valence-corrected chi connectivity index (χ1v) is 10.5. The largest absolute Gasteiger partial charge is 0.365 e. The Bertz CT molecular complexity index is 562. The van der Waals surface area contributed by atoms with Crippen LogP contribution >= 0.6 is 0 Å². The van der Waals surface area contributed by atoms with Crippen molar-refractivity contribution < 1.29 is 9.53 Å². The highest BCUT2D eigenvalue weighted by molar-refractivity contribution is 5.89. The Morgan fingerprint density at radius 2 is 1.68 bits per heavy atom. The summed E-state index contributed by atoms with van der Waals surface area (Å²) in [6, 6.07) is 0. The van der Waals surface area contributed by atoms with Crippen molar-refractivity contribution in [2.24, 2.45) is 22.7 Å². The van der Waals surface area contributed by atoms with E-state index in [0.717, 1.165) is 18.8 Å². The zero-order valence-corrected chi connectivity index (χ0v) is 17.3. The molecule has 0 unspecified atom stereocenters. The molecule has 142 valence electrons. The van der Waals surface area contributed by atoms with Crippen LogP contribution in [-0.2, 0) is 9.53 Å². The average molecular weight is 347 g/mol. The molecule has 1 heterocycles. The lowest BCUT2D eigenvalue weighted by atomic mass is 9.44. The van der Waals surface area contributed by atoms with Gasteiger partial charge in [0.05, 0.1) is 11.2 Å². The number of hydrogen-bond acceptors (Lipinski definition) is 2. The molecular formula is C23H38O2. The topological polar surface area (TPSA) is 26.3 Å². The van der Waals surface area contributed by atoms with Crippen LogP contribution in [0.2, 0.25) is 0 Å². The molecule has 25 heavy (non-hydrogen) atoms. The molecule has 0 aromatic heterocycles. The van der Waals surface area contributed by atoms with E-state index in [-0.39, 0.29) is 17.0 Å². The van der Waals surface area contributed by atoms with Crippen LogP contribution in [0, 0.1) is 22.7 Å². The minimum atomic E-state index is -0.288. The number of hydrogen-bond donors (Lipinski definition) is 0. The number of fused-ring (bicyclic) bond motifs is 3. The number of ketones is 1. The highest BCUT2D eigenvalue weighted by atomic mass is 16.5. The van der Waals surface area contributed by atoms with Crippen molar-refractivity contribution in [1.82, 2.24) is 0 Å². The molecule has 3 rings (SSSR count). The van der Waals surface area contributed by atoms with E-state index in [1.165, 1.54) is 32.1 Å². The highest BCUT2D eigenvalue weighted by Crippen LogP contribution is 2.65. The molecule has 2 nitrogen and oxygen atoms in total. The van der Waals surface area contributed by atoms with Gasteiger partial charge in [0, 0.05) is 6.42 Å². The first kappa shape index (κ1) is 19.1. The maximum Gasteiger partial charge on any atom is 0.155 e. The molecule has 2 aliphatic carbocycles. The summed E-state index contributed by atoms with van der Waals surface area (Å²) in [7, 11) is 0. The summed E-state index contributed by atoms with van der Waals surface area (Å²) in [6.45, 7) is 14.0. The molecule has 1 aliphatic heterocycles.